The van der Waals surface area contributed by atoms with Gasteiger partial charge in [-0.2, -0.15) is 5.10 Å². The van der Waals surface area contributed by atoms with Crippen molar-refractivity contribution in [2.24, 2.45) is 5.41 Å². The lowest BCUT2D eigenvalue weighted by molar-refractivity contribution is 0.0232. The molecule has 0 amide bonds. The molecule has 0 aliphatic carbocycles. The van der Waals surface area contributed by atoms with E-state index in [-0.39, 0.29) is 5.41 Å². The van der Waals surface area contributed by atoms with Crippen LogP contribution in [0.5, 0.6) is 0 Å². The van der Waals surface area contributed by atoms with Crippen LogP contribution in [0, 0.1) is 5.41 Å². The van der Waals surface area contributed by atoms with Gasteiger partial charge in [-0.15, -0.1) is 0 Å². The predicted molar refractivity (Wildman–Crippen MR) is 101 cm³/mol. The summed E-state index contributed by atoms with van der Waals surface area (Å²) in [6.45, 7) is 4.60. The number of benzene rings is 1. The van der Waals surface area contributed by atoms with Crippen molar-refractivity contribution in [2.45, 2.75) is 45.1 Å². The lowest BCUT2D eigenvalue weighted by Gasteiger charge is -2.42. The van der Waals surface area contributed by atoms with Gasteiger partial charge in [0.25, 0.3) is 0 Å². The van der Waals surface area contributed by atoms with Gasteiger partial charge in [-0.3, -0.25) is 4.68 Å². The lowest BCUT2D eigenvalue weighted by atomic mass is 9.76. The number of piperidine rings is 1. The van der Waals surface area contributed by atoms with Crippen LogP contribution in [0.25, 0.3) is 0 Å². The molecule has 0 spiro atoms. The van der Waals surface area contributed by atoms with Crippen molar-refractivity contribution >= 4 is 0 Å². The third-order valence-corrected chi connectivity index (χ3v) is 5.51. The minimum Gasteiger partial charge on any atom is -0.396 e. The maximum absolute atomic E-state index is 10.1. The fourth-order valence-corrected chi connectivity index (χ4v) is 4.11. The molecule has 2 heterocycles. The molecule has 1 aromatic carbocycles. The molecule has 0 radical (unpaired) electrons. The molecule has 25 heavy (non-hydrogen) atoms. The van der Waals surface area contributed by atoms with E-state index in [1.165, 1.54) is 18.5 Å². The summed E-state index contributed by atoms with van der Waals surface area (Å²) < 4.78 is 2.00. The van der Waals surface area contributed by atoms with Gasteiger partial charge in [0.2, 0.25) is 0 Å². The van der Waals surface area contributed by atoms with Crippen molar-refractivity contribution in [2.75, 3.05) is 26.2 Å². The van der Waals surface area contributed by atoms with E-state index in [0.29, 0.717) is 6.61 Å². The van der Waals surface area contributed by atoms with Gasteiger partial charge in [-0.25, -0.2) is 0 Å². The third kappa shape index (κ3) is 5.41. The second kappa shape index (κ2) is 9.16. The fourth-order valence-electron chi connectivity index (χ4n) is 4.11. The summed E-state index contributed by atoms with van der Waals surface area (Å²) >= 11 is 0. The topological polar surface area (TPSA) is 41.3 Å². The smallest absolute Gasteiger partial charge is 0.0499 e. The number of aliphatic hydroxyl groups excluding tert-OH is 1. The normalized spacial score (nSPS) is 21.5. The molecule has 0 bridgehead atoms. The minimum absolute atomic E-state index is 0.0960. The Morgan fingerprint density at radius 3 is 2.72 bits per heavy atom. The molecular formula is C21H31N3O. The molecule has 2 aromatic rings. The predicted octanol–water partition coefficient (Wildman–Crippen LogP) is 3.37. The largest absolute Gasteiger partial charge is 0.396 e. The fraction of sp³-hybridized carbons (Fsp3) is 0.571. The van der Waals surface area contributed by atoms with Crippen molar-refractivity contribution in [1.82, 2.24) is 14.7 Å². The van der Waals surface area contributed by atoms with E-state index >= 15 is 0 Å². The van der Waals surface area contributed by atoms with Gasteiger partial charge >= 0.3 is 0 Å². The first kappa shape index (κ1) is 18.2. The number of rotatable bonds is 9. The van der Waals surface area contributed by atoms with Crippen LogP contribution in [0.1, 0.15) is 37.7 Å². The SMILES string of the molecule is OCC1(CCCc2ccccc2)CCCN(CCCn2cccn2)C1. The van der Waals surface area contributed by atoms with Crippen LogP contribution < -0.4 is 0 Å². The first-order valence-corrected chi connectivity index (χ1v) is 9.64. The number of hydrogen-bond acceptors (Lipinski definition) is 3. The van der Waals surface area contributed by atoms with Crippen LogP contribution in [0.2, 0.25) is 0 Å². The van der Waals surface area contributed by atoms with E-state index in [9.17, 15) is 5.11 Å². The van der Waals surface area contributed by atoms with Gasteiger partial charge in [0.05, 0.1) is 0 Å². The quantitative estimate of drug-likeness (QED) is 0.760. The zero-order valence-electron chi connectivity index (χ0n) is 15.2. The maximum atomic E-state index is 10.1. The Balaban J connectivity index is 1.44. The van der Waals surface area contributed by atoms with Gasteiger partial charge in [-0.05, 0) is 63.2 Å². The molecule has 1 N–H and O–H groups in total. The molecule has 4 heteroatoms. The third-order valence-electron chi connectivity index (χ3n) is 5.51. The highest BCUT2D eigenvalue weighted by Crippen LogP contribution is 2.34. The van der Waals surface area contributed by atoms with Gasteiger partial charge in [0, 0.05) is 37.5 Å². The first-order valence-electron chi connectivity index (χ1n) is 9.64. The number of aliphatic hydroxyl groups is 1. The van der Waals surface area contributed by atoms with E-state index in [2.05, 4.69) is 40.3 Å². The highest BCUT2D eigenvalue weighted by Gasteiger charge is 2.34. The maximum Gasteiger partial charge on any atom is 0.0499 e. The van der Waals surface area contributed by atoms with Gasteiger partial charge in [0.1, 0.15) is 0 Å². The Morgan fingerprint density at radius 2 is 1.96 bits per heavy atom. The molecule has 3 rings (SSSR count). The minimum atomic E-state index is 0.0960. The Hall–Kier alpha value is -1.65. The molecule has 4 nitrogen and oxygen atoms in total. The molecule has 136 valence electrons. The molecule has 1 saturated heterocycles. The van der Waals surface area contributed by atoms with Gasteiger partial charge in [0.15, 0.2) is 0 Å². The molecule has 1 atom stereocenters. The molecule has 1 aliphatic heterocycles. The lowest BCUT2D eigenvalue weighted by Crippen LogP contribution is -2.45. The molecule has 1 aromatic heterocycles. The molecule has 1 unspecified atom stereocenters. The summed E-state index contributed by atoms with van der Waals surface area (Å²) in [5.41, 5.74) is 1.50. The van der Waals surface area contributed by atoms with Crippen molar-refractivity contribution in [3.05, 3.63) is 54.4 Å². The van der Waals surface area contributed by atoms with Crippen molar-refractivity contribution in [3.8, 4) is 0 Å². The van der Waals surface area contributed by atoms with Crippen LogP contribution in [0.15, 0.2) is 48.8 Å². The standard InChI is InChI=1S/C21H31N3O/c25-19-21(11-4-10-20-8-2-1-3-9-20)12-5-14-23(18-21)15-7-17-24-16-6-13-22-24/h1-3,6,8-9,13,16,25H,4-5,7,10-12,14-15,17-19H2. The summed E-state index contributed by atoms with van der Waals surface area (Å²) in [5.74, 6) is 0. The van der Waals surface area contributed by atoms with E-state index in [1.807, 2.05) is 23.1 Å². The highest BCUT2D eigenvalue weighted by molar-refractivity contribution is 5.14. The molecule has 1 aliphatic rings. The molecule has 1 fully saturated rings. The van der Waals surface area contributed by atoms with E-state index in [1.54, 1.807) is 0 Å². The average molecular weight is 341 g/mol. The zero-order valence-corrected chi connectivity index (χ0v) is 15.2. The monoisotopic (exact) mass is 341 g/mol. The van der Waals surface area contributed by atoms with Crippen LogP contribution in [-0.2, 0) is 13.0 Å². The van der Waals surface area contributed by atoms with Crippen molar-refractivity contribution in [3.63, 3.8) is 0 Å². The van der Waals surface area contributed by atoms with E-state index < -0.39 is 0 Å². The summed E-state index contributed by atoms with van der Waals surface area (Å²) in [6, 6.07) is 12.7. The van der Waals surface area contributed by atoms with Crippen LogP contribution >= 0.6 is 0 Å². The second-order valence-corrected chi connectivity index (χ2v) is 7.50. The van der Waals surface area contributed by atoms with E-state index in [0.717, 1.165) is 51.7 Å². The van der Waals surface area contributed by atoms with Crippen molar-refractivity contribution in [1.29, 1.82) is 0 Å². The highest BCUT2D eigenvalue weighted by atomic mass is 16.3. The van der Waals surface area contributed by atoms with Crippen LogP contribution in [0.3, 0.4) is 0 Å². The van der Waals surface area contributed by atoms with E-state index in [4.69, 9.17) is 0 Å². The van der Waals surface area contributed by atoms with Gasteiger partial charge in [-0.1, -0.05) is 30.3 Å². The molecular weight excluding hydrogens is 310 g/mol. The van der Waals surface area contributed by atoms with Crippen LogP contribution in [-0.4, -0.2) is 46.0 Å². The Bertz CT molecular complexity index is 599. The summed E-state index contributed by atoms with van der Waals surface area (Å²) in [7, 11) is 0. The Labute approximate surface area is 151 Å². The van der Waals surface area contributed by atoms with Crippen molar-refractivity contribution < 1.29 is 5.11 Å². The second-order valence-electron chi connectivity index (χ2n) is 7.50. The number of aromatic nitrogens is 2. The zero-order chi connectivity index (χ0) is 17.4. The number of hydrogen-bond donors (Lipinski definition) is 1. The van der Waals surface area contributed by atoms with Gasteiger partial charge < -0.3 is 10.0 Å². The number of likely N-dealkylation sites (tertiary alicyclic amines) is 1. The Kier molecular flexibility index (Phi) is 6.65. The summed E-state index contributed by atoms with van der Waals surface area (Å²) in [6.07, 6.45) is 10.7. The average Bonchev–Trinajstić information content (AvgIpc) is 3.16. The molecule has 0 saturated carbocycles. The number of nitrogens with zero attached hydrogens (tertiary/aromatic N) is 3. The number of aryl methyl sites for hydroxylation is 2. The summed E-state index contributed by atoms with van der Waals surface area (Å²) in [4.78, 5) is 2.55. The summed E-state index contributed by atoms with van der Waals surface area (Å²) in [5, 5.41) is 14.4. The first-order chi connectivity index (χ1) is 12.3. The van der Waals surface area contributed by atoms with Crippen LogP contribution in [0.4, 0.5) is 0 Å². The Morgan fingerprint density at radius 1 is 1.08 bits per heavy atom.